The molecular weight excluding hydrogens is 440 g/mol. The van der Waals surface area contributed by atoms with E-state index in [0.717, 1.165) is 50.0 Å². The number of aromatic nitrogens is 1. The van der Waals surface area contributed by atoms with Crippen LogP contribution in [0.25, 0.3) is 11.1 Å². The monoisotopic (exact) mass is 480 g/mol. The lowest BCUT2D eigenvalue weighted by Gasteiger charge is -2.25. The van der Waals surface area contributed by atoms with Crippen molar-refractivity contribution < 1.29 is 4.74 Å². The van der Waals surface area contributed by atoms with Crippen LogP contribution in [0.2, 0.25) is 0 Å². The fraction of sp³-hybridized carbons (Fsp3) is 0.455. The number of ether oxygens (including phenoxy) is 1. The molecule has 188 valence electrons. The number of fused-ring (bicyclic) bond motifs is 1. The Kier molecular flexibility index (Phi) is 8.81. The molecule has 3 aromatic rings. The number of pyridine rings is 1. The molecule has 0 saturated heterocycles. The summed E-state index contributed by atoms with van der Waals surface area (Å²) in [5, 5.41) is 10.6. The van der Waals surface area contributed by atoms with Gasteiger partial charge >= 0.3 is 0 Å². The molecule has 1 atom stereocenters. The van der Waals surface area contributed by atoms with E-state index in [1.54, 1.807) is 7.11 Å². The Morgan fingerprint density at radius 3 is 2.25 bits per heavy atom. The van der Waals surface area contributed by atoms with E-state index in [4.69, 9.17) is 9.72 Å². The van der Waals surface area contributed by atoms with Crippen molar-refractivity contribution >= 4 is 0 Å². The van der Waals surface area contributed by atoms with Crippen molar-refractivity contribution in [1.82, 2.24) is 4.98 Å². The van der Waals surface area contributed by atoms with Crippen molar-refractivity contribution in [2.45, 2.75) is 89.9 Å². The molecule has 1 aliphatic carbocycles. The van der Waals surface area contributed by atoms with Crippen LogP contribution in [-0.4, -0.2) is 12.1 Å². The first-order valence-corrected chi connectivity index (χ1v) is 13.8. The second-order valence-corrected chi connectivity index (χ2v) is 10.2. The van der Waals surface area contributed by atoms with E-state index in [1.807, 2.05) is 6.07 Å². The van der Waals surface area contributed by atoms with Crippen molar-refractivity contribution in [3.05, 3.63) is 82.7 Å². The number of rotatable bonds is 12. The number of nitriles is 1. The molecule has 0 radical (unpaired) electrons. The van der Waals surface area contributed by atoms with Crippen LogP contribution >= 0.6 is 0 Å². The third kappa shape index (κ3) is 5.49. The van der Waals surface area contributed by atoms with E-state index < -0.39 is 5.41 Å². The van der Waals surface area contributed by atoms with Crippen LogP contribution in [0, 0.1) is 11.3 Å². The Balaban J connectivity index is 1.89. The van der Waals surface area contributed by atoms with Gasteiger partial charge in [-0.2, -0.15) is 5.26 Å². The van der Waals surface area contributed by atoms with E-state index in [-0.39, 0.29) is 0 Å². The number of aryl methyl sites for hydroxylation is 1. The lowest BCUT2D eigenvalue weighted by molar-refractivity contribution is 0.415. The molecule has 1 aromatic heterocycles. The Hall–Kier alpha value is -3.12. The largest absolute Gasteiger partial charge is 0.497 e. The van der Waals surface area contributed by atoms with Gasteiger partial charge in [-0.1, -0.05) is 82.0 Å². The molecule has 1 unspecified atom stereocenters. The average molecular weight is 481 g/mol. The van der Waals surface area contributed by atoms with Gasteiger partial charge in [0, 0.05) is 5.69 Å². The van der Waals surface area contributed by atoms with Crippen molar-refractivity contribution in [3.63, 3.8) is 0 Å². The van der Waals surface area contributed by atoms with Gasteiger partial charge in [0.05, 0.1) is 18.9 Å². The Labute approximate surface area is 217 Å². The molecule has 0 amide bonds. The SMILES string of the molecule is CCCCCc1nc2c(c(-c3ccc(OC)cc3)c1CCCCC)CCC2(C#N)Cc1ccccc1. The lowest BCUT2D eigenvalue weighted by Crippen LogP contribution is -2.26. The maximum Gasteiger partial charge on any atom is 0.118 e. The summed E-state index contributed by atoms with van der Waals surface area (Å²) in [6.07, 6.45) is 11.6. The second kappa shape index (κ2) is 12.2. The van der Waals surface area contributed by atoms with Gasteiger partial charge in [-0.3, -0.25) is 4.98 Å². The molecule has 0 fully saturated rings. The highest BCUT2D eigenvalue weighted by atomic mass is 16.5. The average Bonchev–Trinajstić information content (AvgIpc) is 3.27. The summed E-state index contributed by atoms with van der Waals surface area (Å²) in [7, 11) is 1.71. The summed E-state index contributed by atoms with van der Waals surface area (Å²) in [5.74, 6) is 0.871. The smallest absolute Gasteiger partial charge is 0.118 e. The molecule has 2 aromatic carbocycles. The first kappa shape index (κ1) is 26.0. The Morgan fingerprint density at radius 1 is 0.917 bits per heavy atom. The summed E-state index contributed by atoms with van der Waals surface area (Å²) in [6, 6.07) is 21.7. The minimum atomic E-state index is -0.570. The van der Waals surface area contributed by atoms with Crippen LogP contribution in [0.4, 0.5) is 0 Å². The van der Waals surface area contributed by atoms with Gasteiger partial charge in [0.15, 0.2) is 0 Å². The van der Waals surface area contributed by atoms with E-state index in [1.165, 1.54) is 65.6 Å². The van der Waals surface area contributed by atoms with Crippen LogP contribution in [0.1, 0.15) is 86.9 Å². The predicted molar refractivity (Wildman–Crippen MR) is 148 cm³/mol. The highest BCUT2D eigenvalue weighted by molar-refractivity contribution is 5.75. The number of hydrogen-bond acceptors (Lipinski definition) is 3. The first-order valence-electron chi connectivity index (χ1n) is 13.8. The van der Waals surface area contributed by atoms with Gasteiger partial charge in [-0.15, -0.1) is 0 Å². The van der Waals surface area contributed by atoms with Crippen molar-refractivity contribution in [1.29, 1.82) is 5.26 Å². The van der Waals surface area contributed by atoms with Crippen LogP contribution in [0.5, 0.6) is 5.75 Å². The van der Waals surface area contributed by atoms with E-state index in [2.05, 4.69) is 68.4 Å². The molecule has 0 bridgehead atoms. The quantitative estimate of drug-likeness (QED) is 0.246. The number of methoxy groups -OCH3 is 1. The minimum absolute atomic E-state index is 0.570. The number of benzene rings is 2. The minimum Gasteiger partial charge on any atom is -0.497 e. The van der Waals surface area contributed by atoms with Gasteiger partial charge in [-0.05, 0) is 84.9 Å². The highest BCUT2D eigenvalue weighted by Crippen LogP contribution is 2.46. The molecule has 36 heavy (non-hydrogen) atoms. The number of hydrogen-bond donors (Lipinski definition) is 0. The topological polar surface area (TPSA) is 45.9 Å². The summed E-state index contributed by atoms with van der Waals surface area (Å²) in [6.45, 7) is 4.51. The molecule has 1 aliphatic rings. The molecule has 1 heterocycles. The lowest BCUT2D eigenvalue weighted by atomic mass is 9.79. The fourth-order valence-corrected chi connectivity index (χ4v) is 5.75. The van der Waals surface area contributed by atoms with Gasteiger partial charge in [0.1, 0.15) is 11.2 Å². The van der Waals surface area contributed by atoms with Crippen LogP contribution < -0.4 is 4.74 Å². The predicted octanol–water partition coefficient (Wildman–Crippen LogP) is 8.17. The van der Waals surface area contributed by atoms with Crippen molar-refractivity contribution in [2.24, 2.45) is 0 Å². The first-order chi connectivity index (χ1) is 17.7. The number of nitrogens with zero attached hydrogens (tertiary/aromatic N) is 2. The van der Waals surface area contributed by atoms with Crippen molar-refractivity contribution in [2.75, 3.05) is 7.11 Å². The highest BCUT2D eigenvalue weighted by Gasteiger charge is 2.43. The van der Waals surface area contributed by atoms with E-state index in [0.29, 0.717) is 0 Å². The third-order valence-electron chi connectivity index (χ3n) is 7.73. The summed E-state index contributed by atoms with van der Waals surface area (Å²) in [4.78, 5) is 5.40. The molecular formula is C33H40N2O. The van der Waals surface area contributed by atoms with E-state index in [9.17, 15) is 5.26 Å². The fourth-order valence-electron chi connectivity index (χ4n) is 5.75. The zero-order chi connectivity index (χ0) is 25.4. The van der Waals surface area contributed by atoms with Gasteiger partial charge in [0.2, 0.25) is 0 Å². The van der Waals surface area contributed by atoms with Gasteiger partial charge in [-0.25, -0.2) is 0 Å². The third-order valence-corrected chi connectivity index (χ3v) is 7.73. The molecule has 0 N–H and O–H groups in total. The molecule has 0 saturated carbocycles. The maximum absolute atomic E-state index is 10.6. The second-order valence-electron chi connectivity index (χ2n) is 10.2. The van der Waals surface area contributed by atoms with Gasteiger partial charge < -0.3 is 4.74 Å². The maximum atomic E-state index is 10.6. The van der Waals surface area contributed by atoms with Crippen LogP contribution in [0.3, 0.4) is 0 Å². The summed E-state index contributed by atoms with van der Waals surface area (Å²) < 4.78 is 5.46. The van der Waals surface area contributed by atoms with Crippen LogP contribution in [-0.2, 0) is 31.1 Å². The normalized spacial score (nSPS) is 16.5. The summed E-state index contributed by atoms with van der Waals surface area (Å²) >= 11 is 0. The molecule has 3 nitrogen and oxygen atoms in total. The van der Waals surface area contributed by atoms with E-state index >= 15 is 0 Å². The van der Waals surface area contributed by atoms with Gasteiger partial charge in [0.25, 0.3) is 0 Å². The van der Waals surface area contributed by atoms with Crippen LogP contribution in [0.15, 0.2) is 54.6 Å². The molecule has 3 heteroatoms. The molecule has 0 spiro atoms. The summed E-state index contributed by atoms with van der Waals surface area (Å²) in [5.41, 5.74) is 8.17. The Bertz CT molecular complexity index is 1180. The van der Waals surface area contributed by atoms with Crippen molar-refractivity contribution in [3.8, 4) is 22.9 Å². The zero-order valence-corrected chi connectivity index (χ0v) is 22.3. The zero-order valence-electron chi connectivity index (χ0n) is 22.3. The standard InChI is InChI=1S/C33H40N2O/c1-4-6-9-15-28-30(16-10-7-5-2)35-32-29(31(28)26-17-19-27(36-3)20-18-26)21-22-33(32,24-34)23-25-13-11-8-12-14-25/h8,11-14,17-20H,4-7,9-10,15-16,21-23H2,1-3H3. The Morgan fingerprint density at radius 2 is 1.61 bits per heavy atom. The molecule has 4 rings (SSSR count). The number of unbranched alkanes of at least 4 members (excludes halogenated alkanes) is 4. The molecule has 0 aliphatic heterocycles.